The molecule has 0 aliphatic heterocycles. The van der Waals surface area contributed by atoms with Gasteiger partial charge in [-0.25, -0.2) is 0 Å². The molecule has 2 N–H and O–H groups in total. The van der Waals surface area contributed by atoms with E-state index in [1.165, 1.54) is 31.2 Å². The quantitative estimate of drug-likeness (QED) is 0.242. The number of rotatable bonds is 10. The van der Waals surface area contributed by atoms with E-state index >= 15 is 0 Å². The van der Waals surface area contributed by atoms with Crippen LogP contribution in [0.2, 0.25) is 5.02 Å². The van der Waals surface area contributed by atoms with E-state index in [1.54, 1.807) is 11.8 Å². The van der Waals surface area contributed by atoms with Gasteiger partial charge in [-0.15, -0.1) is 10.2 Å². The van der Waals surface area contributed by atoms with E-state index in [1.807, 2.05) is 12.1 Å². The van der Waals surface area contributed by atoms with Gasteiger partial charge in [0, 0.05) is 37.1 Å². The lowest BCUT2D eigenvalue weighted by molar-refractivity contribution is 0.461. The van der Waals surface area contributed by atoms with Gasteiger partial charge in [0.25, 0.3) is 0 Å². The average Bonchev–Trinajstić information content (AvgIpc) is 3.41. The summed E-state index contributed by atoms with van der Waals surface area (Å²) >= 11 is 7.65. The maximum absolute atomic E-state index is 5.95. The molecule has 1 saturated carbocycles. The lowest BCUT2D eigenvalue weighted by Gasteiger charge is -2.16. The lowest BCUT2D eigenvalue weighted by atomic mass is 10.1. The molecule has 8 heteroatoms. The molecule has 6 nitrogen and oxygen atoms in total. The molecule has 1 aromatic heterocycles. The van der Waals surface area contributed by atoms with E-state index in [4.69, 9.17) is 16.6 Å². The van der Waals surface area contributed by atoms with Crippen molar-refractivity contribution >= 4 is 29.3 Å². The third-order valence-corrected chi connectivity index (χ3v) is 6.30. The molecule has 1 aromatic carbocycles. The largest absolute Gasteiger partial charge is 0.357 e. The number of aliphatic imine (C=N–C) groups is 1. The van der Waals surface area contributed by atoms with Crippen molar-refractivity contribution in [1.29, 1.82) is 0 Å². The van der Waals surface area contributed by atoms with Crippen LogP contribution < -0.4 is 10.6 Å². The molecule has 0 amide bonds. The fourth-order valence-corrected chi connectivity index (χ4v) is 4.59. The average molecular weight is 449 g/mol. The molecule has 30 heavy (non-hydrogen) atoms. The molecule has 0 atom stereocenters. The fourth-order valence-electron chi connectivity index (χ4n) is 3.89. The third kappa shape index (κ3) is 6.64. The second-order valence-electron chi connectivity index (χ2n) is 7.58. The summed E-state index contributed by atoms with van der Waals surface area (Å²) in [5, 5.41) is 17.5. The number of aryl methyl sites for hydroxylation is 1. The van der Waals surface area contributed by atoms with Gasteiger partial charge in [-0.05, 0) is 56.6 Å². The Bertz CT molecular complexity index is 798. The van der Waals surface area contributed by atoms with Crippen molar-refractivity contribution in [3.63, 3.8) is 0 Å². The summed E-state index contributed by atoms with van der Waals surface area (Å²) < 4.78 is 2.39. The Morgan fingerprint density at radius 2 is 1.93 bits per heavy atom. The van der Waals surface area contributed by atoms with Crippen molar-refractivity contribution in [3.05, 3.63) is 40.7 Å². The maximum Gasteiger partial charge on any atom is 0.191 e. The summed E-state index contributed by atoms with van der Waals surface area (Å²) in [5.74, 6) is 1.98. The second kappa shape index (κ2) is 12.2. The van der Waals surface area contributed by atoms with Crippen LogP contribution in [0.5, 0.6) is 0 Å². The van der Waals surface area contributed by atoms with Crippen molar-refractivity contribution in [1.82, 2.24) is 25.4 Å². The van der Waals surface area contributed by atoms with Gasteiger partial charge in [-0.2, -0.15) is 0 Å². The highest BCUT2D eigenvalue weighted by molar-refractivity contribution is 7.98. The van der Waals surface area contributed by atoms with Crippen LogP contribution >= 0.6 is 23.4 Å². The number of nitrogens with one attached hydrogen (secondary N) is 2. The first-order valence-electron chi connectivity index (χ1n) is 11.0. The van der Waals surface area contributed by atoms with Gasteiger partial charge in [0.1, 0.15) is 5.82 Å². The Kier molecular flexibility index (Phi) is 9.33. The number of aromatic nitrogens is 3. The predicted molar refractivity (Wildman–Crippen MR) is 127 cm³/mol. The second-order valence-corrected chi connectivity index (χ2v) is 8.79. The van der Waals surface area contributed by atoms with Gasteiger partial charge in [0.2, 0.25) is 0 Å². The predicted octanol–water partition coefficient (Wildman–Crippen LogP) is 4.50. The standard InChI is InChI=1S/C22H33ClN6S/c1-3-24-21(26-16-14-17-10-12-18(23)13-11-17)25-15-6-9-20-27-28-22(30-2)29(20)19-7-4-5-8-19/h10-13,19H,3-9,14-16H2,1-2H3,(H2,24,25,26). The number of nitrogens with zero attached hydrogens (tertiary/aromatic N) is 4. The molecule has 164 valence electrons. The Morgan fingerprint density at radius 1 is 1.17 bits per heavy atom. The maximum atomic E-state index is 5.95. The van der Waals surface area contributed by atoms with Crippen LogP contribution in [0.4, 0.5) is 0 Å². The van der Waals surface area contributed by atoms with E-state index in [2.05, 4.69) is 50.7 Å². The molecule has 0 bridgehead atoms. The van der Waals surface area contributed by atoms with Gasteiger partial charge >= 0.3 is 0 Å². The molecule has 1 heterocycles. The van der Waals surface area contributed by atoms with Crippen LogP contribution in [0.25, 0.3) is 0 Å². The molecule has 0 radical (unpaired) electrons. The highest BCUT2D eigenvalue weighted by atomic mass is 35.5. The molecular weight excluding hydrogens is 416 g/mol. The lowest BCUT2D eigenvalue weighted by Crippen LogP contribution is -2.38. The van der Waals surface area contributed by atoms with Crippen molar-refractivity contribution in [3.8, 4) is 0 Å². The topological polar surface area (TPSA) is 67.1 Å². The van der Waals surface area contributed by atoms with Crippen LogP contribution in [0.1, 0.15) is 56.5 Å². The number of hydrogen-bond acceptors (Lipinski definition) is 4. The summed E-state index contributed by atoms with van der Waals surface area (Å²) in [4.78, 5) is 4.74. The number of halogens is 1. The normalized spacial score (nSPS) is 15.0. The van der Waals surface area contributed by atoms with Crippen molar-refractivity contribution < 1.29 is 0 Å². The van der Waals surface area contributed by atoms with E-state index < -0.39 is 0 Å². The van der Waals surface area contributed by atoms with Gasteiger partial charge < -0.3 is 15.2 Å². The minimum absolute atomic E-state index is 0.577. The van der Waals surface area contributed by atoms with Gasteiger partial charge in [0.05, 0.1) is 0 Å². The molecule has 2 aromatic rings. The molecule has 0 saturated heterocycles. The number of guanidine groups is 1. The summed E-state index contributed by atoms with van der Waals surface area (Å²) in [6, 6.07) is 8.58. The van der Waals surface area contributed by atoms with Crippen LogP contribution in [0, 0.1) is 0 Å². The molecule has 0 spiro atoms. The highest BCUT2D eigenvalue weighted by Gasteiger charge is 2.23. The zero-order valence-corrected chi connectivity index (χ0v) is 19.6. The van der Waals surface area contributed by atoms with Crippen molar-refractivity contribution in [2.45, 2.75) is 63.1 Å². The van der Waals surface area contributed by atoms with E-state index in [9.17, 15) is 0 Å². The Labute approximate surface area is 189 Å². The van der Waals surface area contributed by atoms with E-state index in [-0.39, 0.29) is 0 Å². The molecule has 1 aliphatic rings. The number of hydrogen-bond donors (Lipinski definition) is 2. The highest BCUT2D eigenvalue weighted by Crippen LogP contribution is 2.33. The summed E-state index contributed by atoms with van der Waals surface area (Å²) in [6.07, 6.45) is 10.0. The Balaban J connectivity index is 1.48. The van der Waals surface area contributed by atoms with E-state index in [0.717, 1.165) is 60.9 Å². The number of benzene rings is 1. The number of thioether (sulfide) groups is 1. The van der Waals surface area contributed by atoms with Gasteiger partial charge in [-0.1, -0.05) is 48.3 Å². The van der Waals surface area contributed by atoms with Crippen LogP contribution in [0.15, 0.2) is 34.4 Å². The first-order valence-corrected chi connectivity index (χ1v) is 12.6. The van der Waals surface area contributed by atoms with Crippen LogP contribution in [0.3, 0.4) is 0 Å². The zero-order chi connectivity index (χ0) is 21.2. The van der Waals surface area contributed by atoms with Gasteiger partial charge in [-0.3, -0.25) is 4.99 Å². The summed E-state index contributed by atoms with van der Waals surface area (Å²) in [5.41, 5.74) is 1.26. The van der Waals surface area contributed by atoms with Crippen LogP contribution in [-0.4, -0.2) is 46.6 Å². The van der Waals surface area contributed by atoms with Crippen molar-refractivity contribution in [2.24, 2.45) is 4.99 Å². The molecular formula is C22H33ClN6S. The molecule has 1 aliphatic carbocycles. The first kappa shape index (κ1) is 22.9. The molecule has 0 unspecified atom stereocenters. The monoisotopic (exact) mass is 448 g/mol. The molecule has 3 rings (SSSR count). The minimum atomic E-state index is 0.577. The third-order valence-electron chi connectivity index (χ3n) is 5.40. The Morgan fingerprint density at radius 3 is 2.63 bits per heavy atom. The fraction of sp³-hybridized carbons (Fsp3) is 0.591. The van der Waals surface area contributed by atoms with Gasteiger partial charge in [0.15, 0.2) is 11.1 Å². The smallest absolute Gasteiger partial charge is 0.191 e. The minimum Gasteiger partial charge on any atom is -0.357 e. The Hall–Kier alpha value is -1.73. The summed E-state index contributed by atoms with van der Waals surface area (Å²) in [7, 11) is 0. The SMILES string of the molecule is CCNC(=NCCCc1nnc(SC)n1C1CCCC1)NCCc1ccc(Cl)cc1. The van der Waals surface area contributed by atoms with Crippen molar-refractivity contribution in [2.75, 3.05) is 25.9 Å². The van der Waals surface area contributed by atoms with Crippen LogP contribution in [-0.2, 0) is 12.8 Å². The zero-order valence-electron chi connectivity index (χ0n) is 18.0. The summed E-state index contributed by atoms with van der Waals surface area (Å²) in [6.45, 7) is 4.53. The van der Waals surface area contributed by atoms with E-state index in [0.29, 0.717) is 6.04 Å². The molecule has 1 fully saturated rings. The first-order chi connectivity index (χ1) is 14.7.